The number of morpholine rings is 1. The lowest BCUT2D eigenvalue weighted by Crippen LogP contribution is -2.33. The Morgan fingerprint density at radius 1 is 1.33 bits per heavy atom. The summed E-state index contributed by atoms with van der Waals surface area (Å²) in [5.74, 6) is -0.187. The highest BCUT2D eigenvalue weighted by molar-refractivity contribution is 5.97. The van der Waals surface area contributed by atoms with Gasteiger partial charge in [-0.05, 0) is 11.6 Å². The Labute approximate surface area is 178 Å². The van der Waals surface area contributed by atoms with Crippen LogP contribution < -0.4 is 5.32 Å². The van der Waals surface area contributed by atoms with Crippen LogP contribution in [0.5, 0.6) is 0 Å². The quantitative estimate of drug-likeness (QED) is 0.621. The summed E-state index contributed by atoms with van der Waals surface area (Å²) >= 11 is 0. The van der Waals surface area contributed by atoms with Gasteiger partial charge in [0.25, 0.3) is 0 Å². The normalized spacial score (nSPS) is 15.8. The number of carbonyl (C=O) groups excluding carboxylic acids is 1. The first-order valence-electron chi connectivity index (χ1n) is 9.05. The van der Waals surface area contributed by atoms with Gasteiger partial charge in [-0.3, -0.25) is 4.79 Å². The van der Waals surface area contributed by atoms with Crippen LogP contribution in [0.3, 0.4) is 0 Å². The van der Waals surface area contributed by atoms with E-state index in [1.165, 1.54) is 35.5 Å². The maximum atomic E-state index is 14.5. The van der Waals surface area contributed by atoms with Crippen molar-refractivity contribution < 1.29 is 13.9 Å². The predicted octanol–water partition coefficient (Wildman–Crippen LogP) is 2.18. The third-order valence-electron chi connectivity index (χ3n) is 4.60. The second kappa shape index (κ2) is 9.54. The number of carbonyl (C=O) groups is 1. The van der Waals surface area contributed by atoms with Crippen molar-refractivity contribution >= 4 is 18.2 Å². The monoisotopic (exact) mass is 428 g/mol. The highest BCUT2D eigenvalue weighted by Gasteiger charge is 2.20. The van der Waals surface area contributed by atoms with E-state index in [1.54, 1.807) is 12.1 Å². The molecule has 0 saturated carbocycles. The molecule has 2 aromatic heterocycles. The van der Waals surface area contributed by atoms with Crippen LogP contribution in [0.1, 0.15) is 33.3 Å². The fourth-order valence-corrected chi connectivity index (χ4v) is 3.08. The van der Waals surface area contributed by atoms with E-state index in [-0.39, 0.29) is 42.2 Å². The zero-order valence-electron chi connectivity index (χ0n) is 15.8. The summed E-state index contributed by atoms with van der Waals surface area (Å²) in [6, 6.07) is 6.68. The number of nitrogens with one attached hydrogen (secondary N) is 1. The van der Waals surface area contributed by atoms with Crippen LogP contribution in [0.25, 0.3) is 5.82 Å². The van der Waals surface area contributed by atoms with Gasteiger partial charge in [-0.2, -0.15) is 10.4 Å². The molecule has 3 heterocycles. The summed E-state index contributed by atoms with van der Waals surface area (Å²) in [7, 11) is 0. The zero-order chi connectivity index (χ0) is 20.2. The Morgan fingerprint density at radius 2 is 2.20 bits per heavy atom. The second-order valence-electron chi connectivity index (χ2n) is 6.56. The van der Waals surface area contributed by atoms with E-state index < -0.39 is 0 Å². The first kappa shape index (κ1) is 21.5. The minimum Gasteiger partial charge on any atom is -0.371 e. The fourth-order valence-electron chi connectivity index (χ4n) is 3.08. The molecule has 1 fully saturated rings. The van der Waals surface area contributed by atoms with Crippen LogP contribution in [0.15, 0.2) is 43.0 Å². The lowest BCUT2D eigenvalue weighted by atomic mass is 10.0. The van der Waals surface area contributed by atoms with Gasteiger partial charge in [-0.25, -0.2) is 19.0 Å². The minimum atomic E-state index is -0.382. The average molecular weight is 429 g/mol. The summed E-state index contributed by atoms with van der Waals surface area (Å²) in [5, 5.41) is 16.1. The fraction of sp³-hybridized carbons (Fsp3) is 0.250. The van der Waals surface area contributed by atoms with Crippen molar-refractivity contribution in [1.29, 1.82) is 5.26 Å². The van der Waals surface area contributed by atoms with Gasteiger partial charge in [0.2, 0.25) is 0 Å². The van der Waals surface area contributed by atoms with Crippen molar-refractivity contribution in [2.24, 2.45) is 0 Å². The number of aromatic nitrogens is 4. The van der Waals surface area contributed by atoms with Crippen molar-refractivity contribution in [3.8, 4) is 11.9 Å². The topological polar surface area (TPSA) is 106 Å². The molecule has 1 N–H and O–H groups in total. The van der Waals surface area contributed by atoms with Crippen molar-refractivity contribution in [3.05, 3.63) is 71.2 Å². The van der Waals surface area contributed by atoms with Gasteiger partial charge < -0.3 is 10.1 Å². The molecule has 8 nitrogen and oxygen atoms in total. The van der Waals surface area contributed by atoms with E-state index in [4.69, 9.17) is 10.00 Å². The van der Waals surface area contributed by atoms with Crippen molar-refractivity contribution in [2.45, 2.75) is 12.5 Å². The van der Waals surface area contributed by atoms with Crippen LogP contribution in [-0.2, 0) is 11.2 Å². The Balaban J connectivity index is 0.00000256. The molecule has 4 rings (SSSR count). The smallest absolute Gasteiger partial charge is 0.171 e. The molecule has 0 spiro atoms. The van der Waals surface area contributed by atoms with Crippen LogP contribution in [0.2, 0.25) is 0 Å². The molecule has 0 aliphatic carbocycles. The number of rotatable bonds is 5. The molecule has 0 bridgehead atoms. The highest BCUT2D eigenvalue weighted by Crippen LogP contribution is 2.23. The van der Waals surface area contributed by atoms with Gasteiger partial charge in [0.15, 0.2) is 17.3 Å². The van der Waals surface area contributed by atoms with Crippen molar-refractivity contribution in [2.75, 3.05) is 19.7 Å². The highest BCUT2D eigenvalue weighted by atomic mass is 35.5. The van der Waals surface area contributed by atoms with Crippen molar-refractivity contribution in [3.63, 3.8) is 0 Å². The molecule has 0 unspecified atom stereocenters. The molecule has 1 aliphatic heterocycles. The molecule has 1 atom stereocenters. The van der Waals surface area contributed by atoms with Gasteiger partial charge in [-0.1, -0.05) is 12.1 Å². The molecule has 10 heteroatoms. The van der Waals surface area contributed by atoms with Gasteiger partial charge in [0.1, 0.15) is 11.9 Å². The minimum absolute atomic E-state index is 0. The van der Waals surface area contributed by atoms with Crippen LogP contribution in [0.4, 0.5) is 4.39 Å². The van der Waals surface area contributed by atoms with Crippen LogP contribution in [-0.4, -0.2) is 45.2 Å². The summed E-state index contributed by atoms with van der Waals surface area (Å²) in [5.41, 5.74) is 1.63. The van der Waals surface area contributed by atoms with Crippen LogP contribution >= 0.6 is 12.4 Å². The maximum absolute atomic E-state index is 14.5. The van der Waals surface area contributed by atoms with Gasteiger partial charge in [0, 0.05) is 31.3 Å². The number of ketones is 1. The second-order valence-corrected chi connectivity index (χ2v) is 6.56. The number of halogens is 2. The molecule has 1 aliphatic rings. The van der Waals surface area contributed by atoms with E-state index >= 15 is 0 Å². The molecule has 30 heavy (non-hydrogen) atoms. The number of ether oxygens (including phenoxy) is 1. The number of hydrogen-bond acceptors (Lipinski definition) is 7. The summed E-state index contributed by atoms with van der Waals surface area (Å²) in [6.07, 6.45) is 5.41. The van der Waals surface area contributed by atoms with E-state index in [0.717, 1.165) is 6.54 Å². The number of Topliss-reactive ketones (excluding diaryl/α,β-unsaturated/α-hetero) is 1. The molecular formula is C20H18ClFN6O2. The molecule has 0 amide bonds. The number of nitrogens with zero attached hydrogens (tertiary/aromatic N) is 5. The number of nitriles is 1. The first-order valence-corrected chi connectivity index (χ1v) is 9.05. The lowest BCUT2D eigenvalue weighted by molar-refractivity contribution is 0.0255. The summed E-state index contributed by atoms with van der Waals surface area (Å²) in [6.45, 7) is 1.86. The van der Waals surface area contributed by atoms with E-state index in [0.29, 0.717) is 35.7 Å². The lowest BCUT2D eigenvalue weighted by Gasteiger charge is -2.24. The molecule has 1 aromatic carbocycles. The average Bonchev–Trinajstić information content (AvgIpc) is 3.25. The Bertz CT molecular complexity index is 1070. The Hall–Kier alpha value is -3.19. The van der Waals surface area contributed by atoms with Gasteiger partial charge in [-0.15, -0.1) is 12.4 Å². The zero-order valence-corrected chi connectivity index (χ0v) is 16.6. The van der Waals surface area contributed by atoms with E-state index in [1.807, 2.05) is 6.07 Å². The Kier molecular flexibility index (Phi) is 6.84. The van der Waals surface area contributed by atoms with Crippen molar-refractivity contribution in [1.82, 2.24) is 25.1 Å². The van der Waals surface area contributed by atoms with Gasteiger partial charge >= 0.3 is 0 Å². The molecular weight excluding hydrogens is 411 g/mol. The molecule has 3 aromatic rings. The van der Waals surface area contributed by atoms with E-state index in [2.05, 4.69) is 20.4 Å². The maximum Gasteiger partial charge on any atom is 0.171 e. The van der Waals surface area contributed by atoms with Crippen LogP contribution in [0, 0.1) is 17.1 Å². The largest absolute Gasteiger partial charge is 0.371 e. The summed E-state index contributed by atoms with van der Waals surface area (Å²) in [4.78, 5) is 20.6. The standard InChI is InChI=1S/C20H17FN6O2.ClH/c21-17-5-13(1-2-16(17)19-10-23-3-4-29-19)6-18(28)14-8-26-27(12-14)20-11-24-15(7-22)9-25-20;/h1-2,5,8-9,11-12,19,23H,3-4,6,10H2;1H/t19-;/m1./s1. The molecule has 154 valence electrons. The Morgan fingerprint density at radius 3 is 2.87 bits per heavy atom. The van der Waals surface area contributed by atoms with E-state index in [9.17, 15) is 9.18 Å². The molecule has 1 saturated heterocycles. The predicted molar refractivity (Wildman–Crippen MR) is 107 cm³/mol. The summed E-state index contributed by atoms with van der Waals surface area (Å²) < 4.78 is 21.5. The molecule has 0 radical (unpaired) electrons. The third kappa shape index (κ3) is 4.68. The first-order chi connectivity index (χ1) is 14.1. The SMILES string of the molecule is Cl.N#Cc1cnc(-n2cc(C(=O)Cc3ccc([C@H]4CNCCO4)c(F)c3)cn2)cn1. The number of benzene rings is 1. The number of hydrogen-bond donors (Lipinski definition) is 1. The van der Waals surface area contributed by atoms with Gasteiger partial charge in [0.05, 0.1) is 36.9 Å². The third-order valence-corrected chi connectivity index (χ3v) is 4.60.